The van der Waals surface area contributed by atoms with Crippen molar-refractivity contribution in [1.29, 1.82) is 0 Å². The van der Waals surface area contributed by atoms with Crippen LogP contribution in [0, 0.1) is 5.92 Å². The van der Waals surface area contributed by atoms with Crippen LogP contribution in [0.25, 0.3) is 0 Å². The van der Waals surface area contributed by atoms with Crippen molar-refractivity contribution in [2.75, 3.05) is 33.3 Å². The van der Waals surface area contributed by atoms with Gasteiger partial charge in [0.1, 0.15) is 0 Å². The Labute approximate surface area is 161 Å². The molecule has 1 aliphatic heterocycles. The van der Waals surface area contributed by atoms with E-state index >= 15 is 0 Å². The molecular weight excluding hydrogens is 350 g/mol. The molecule has 1 aromatic rings. The van der Waals surface area contributed by atoms with Crippen molar-refractivity contribution in [1.82, 2.24) is 10.2 Å². The zero-order valence-electron chi connectivity index (χ0n) is 16.2. The van der Waals surface area contributed by atoms with Gasteiger partial charge in [0.15, 0.2) is 5.96 Å². The third-order valence-electron chi connectivity index (χ3n) is 4.92. The summed E-state index contributed by atoms with van der Waals surface area (Å²) >= 11 is 6.13. The molecule has 1 N–H and O–H groups in total. The van der Waals surface area contributed by atoms with E-state index in [1.54, 1.807) is 7.05 Å². The topological polar surface area (TPSA) is 53.9 Å². The number of benzene rings is 1. The standard InChI is InChI=1S/C20H30ClN3O2/c1-5-26-18(25)15-9-11-24(12-10-15)19(22-4)23-14-20(2,3)16-7-6-8-17(21)13-16/h6-8,13,15H,5,9-12,14H2,1-4H3,(H,22,23). The zero-order chi connectivity index (χ0) is 19.2. The summed E-state index contributed by atoms with van der Waals surface area (Å²) in [5, 5.41) is 4.23. The Balaban J connectivity index is 1.91. The van der Waals surface area contributed by atoms with Gasteiger partial charge in [-0.25, -0.2) is 0 Å². The minimum absolute atomic E-state index is 0.00667. The van der Waals surface area contributed by atoms with Gasteiger partial charge >= 0.3 is 5.97 Å². The second-order valence-corrected chi connectivity index (χ2v) is 7.74. The highest BCUT2D eigenvalue weighted by molar-refractivity contribution is 6.30. The van der Waals surface area contributed by atoms with Gasteiger partial charge in [0.2, 0.25) is 0 Å². The molecule has 0 atom stereocenters. The fourth-order valence-electron chi connectivity index (χ4n) is 3.23. The molecule has 26 heavy (non-hydrogen) atoms. The number of aliphatic imine (C=N–C) groups is 1. The number of ether oxygens (including phenoxy) is 1. The number of hydrogen-bond donors (Lipinski definition) is 1. The maximum atomic E-state index is 11.9. The molecule has 6 heteroatoms. The second kappa shape index (κ2) is 9.26. The van der Waals surface area contributed by atoms with E-state index in [1.807, 2.05) is 25.1 Å². The monoisotopic (exact) mass is 379 g/mol. The Hall–Kier alpha value is -1.75. The van der Waals surface area contributed by atoms with Gasteiger partial charge in [-0.1, -0.05) is 37.6 Å². The van der Waals surface area contributed by atoms with Crippen molar-refractivity contribution in [3.8, 4) is 0 Å². The average molecular weight is 380 g/mol. The molecule has 1 aromatic carbocycles. The van der Waals surface area contributed by atoms with Crippen molar-refractivity contribution in [3.05, 3.63) is 34.9 Å². The lowest BCUT2D eigenvalue weighted by molar-refractivity contribution is -0.149. The number of hydrogen-bond acceptors (Lipinski definition) is 3. The van der Waals surface area contributed by atoms with E-state index in [0.29, 0.717) is 6.61 Å². The minimum atomic E-state index is -0.0793. The van der Waals surface area contributed by atoms with Gasteiger partial charge in [-0.2, -0.15) is 0 Å². The first-order valence-electron chi connectivity index (χ1n) is 9.25. The Kier molecular flexibility index (Phi) is 7.33. The van der Waals surface area contributed by atoms with Gasteiger partial charge in [-0.15, -0.1) is 0 Å². The number of halogens is 1. The van der Waals surface area contributed by atoms with Crippen molar-refractivity contribution in [3.63, 3.8) is 0 Å². The van der Waals surface area contributed by atoms with Crippen molar-refractivity contribution in [2.45, 2.75) is 39.0 Å². The molecule has 0 aliphatic carbocycles. The molecule has 0 saturated carbocycles. The molecule has 1 fully saturated rings. The van der Waals surface area contributed by atoms with Gasteiger partial charge in [-0.05, 0) is 37.5 Å². The molecule has 0 unspecified atom stereocenters. The van der Waals surface area contributed by atoms with Crippen molar-refractivity contribution in [2.24, 2.45) is 10.9 Å². The quantitative estimate of drug-likeness (QED) is 0.483. The number of carbonyl (C=O) groups excluding carboxylic acids is 1. The van der Waals surface area contributed by atoms with E-state index in [1.165, 1.54) is 5.56 Å². The van der Waals surface area contributed by atoms with Gasteiger partial charge in [0.25, 0.3) is 0 Å². The molecule has 0 amide bonds. The molecule has 0 bridgehead atoms. The van der Waals surface area contributed by atoms with Crippen molar-refractivity contribution < 1.29 is 9.53 Å². The minimum Gasteiger partial charge on any atom is -0.466 e. The lowest BCUT2D eigenvalue weighted by atomic mass is 9.84. The van der Waals surface area contributed by atoms with Crippen LogP contribution in [0.5, 0.6) is 0 Å². The van der Waals surface area contributed by atoms with Gasteiger partial charge < -0.3 is 15.0 Å². The SMILES string of the molecule is CCOC(=O)C1CCN(C(=NC)NCC(C)(C)c2cccc(Cl)c2)CC1. The summed E-state index contributed by atoms with van der Waals surface area (Å²) in [4.78, 5) is 18.5. The summed E-state index contributed by atoms with van der Waals surface area (Å²) in [6.45, 7) is 9.03. The van der Waals surface area contributed by atoms with Crippen LogP contribution >= 0.6 is 11.6 Å². The first-order valence-corrected chi connectivity index (χ1v) is 9.63. The number of piperidine rings is 1. The number of nitrogens with zero attached hydrogens (tertiary/aromatic N) is 2. The van der Waals surface area contributed by atoms with Crippen molar-refractivity contribution >= 4 is 23.5 Å². The summed E-state index contributed by atoms with van der Waals surface area (Å²) in [5.74, 6) is 0.812. The Morgan fingerprint density at radius 2 is 2.08 bits per heavy atom. The largest absolute Gasteiger partial charge is 0.466 e. The van der Waals surface area contributed by atoms with Gasteiger partial charge in [0, 0.05) is 37.1 Å². The number of rotatable bonds is 5. The highest BCUT2D eigenvalue weighted by Crippen LogP contribution is 2.25. The fourth-order valence-corrected chi connectivity index (χ4v) is 3.42. The molecule has 0 spiro atoms. The molecule has 5 nitrogen and oxygen atoms in total. The maximum Gasteiger partial charge on any atom is 0.309 e. The predicted octanol–water partition coefficient (Wildman–Crippen LogP) is 3.47. The first kappa shape index (κ1) is 20.6. The molecule has 1 heterocycles. The van der Waals surface area contributed by atoms with Crippen LogP contribution in [0.3, 0.4) is 0 Å². The summed E-state index contributed by atoms with van der Waals surface area (Å²) < 4.78 is 5.14. The van der Waals surface area contributed by atoms with Crippen LogP contribution in [-0.2, 0) is 14.9 Å². The molecule has 144 valence electrons. The van der Waals surface area contributed by atoms with E-state index in [4.69, 9.17) is 16.3 Å². The summed E-state index contributed by atoms with van der Waals surface area (Å²) in [7, 11) is 1.80. The average Bonchev–Trinajstić information content (AvgIpc) is 2.63. The third kappa shape index (κ3) is 5.37. The van der Waals surface area contributed by atoms with Crippen LogP contribution in [0.4, 0.5) is 0 Å². The number of nitrogens with one attached hydrogen (secondary N) is 1. The number of esters is 1. The highest BCUT2D eigenvalue weighted by Gasteiger charge is 2.28. The lowest BCUT2D eigenvalue weighted by Crippen LogP contribution is -2.49. The summed E-state index contributed by atoms with van der Waals surface area (Å²) in [6, 6.07) is 7.98. The first-order chi connectivity index (χ1) is 12.4. The van der Waals surface area contributed by atoms with E-state index in [9.17, 15) is 4.79 Å². The predicted molar refractivity (Wildman–Crippen MR) is 107 cm³/mol. The molecule has 2 rings (SSSR count). The van der Waals surface area contributed by atoms with Crippen LogP contribution in [0.2, 0.25) is 5.02 Å². The Bertz CT molecular complexity index is 638. The number of likely N-dealkylation sites (tertiary alicyclic amines) is 1. The molecule has 0 aromatic heterocycles. The lowest BCUT2D eigenvalue weighted by Gasteiger charge is -2.35. The van der Waals surface area contributed by atoms with Gasteiger partial charge in [-0.3, -0.25) is 9.79 Å². The summed E-state index contributed by atoms with van der Waals surface area (Å²) in [5.41, 5.74) is 1.11. The third-order valence-corrected chi connectivity index (χ3v) is 5.16. The van der Waals surface area contributed by atoms with Crippen LogP contribution in [-0.4, -0.2) is 50.1 Å². The Morgan fingerprint density at radius 3 is 2.65 bits per heavy atom. The van der Waals surface area contributed by atoms with E-state index in [0.717, 1.165) is 43.5 Å². The van der Waals surface area contributed by atoms with E-state index < -0.39 is 0 Å². The fraction of sp³-hybridized carbons (Fsp3) is 0.600. The second-order valence-electron chi connectivity index (χ2n) is 7.31. The molecule has 1 aliphatic rings. The van der Waals surface area contributed by atoms with Crippen LogP contribution in [0.1, 0.15) is 39.2 Å². The smallest absolute Gasteiger partial charge is 0.309 e. The maximum absolute atomic E-state index is 11.9. The molecular formula is C20H30ClN3O2. The zero-order valence-corrected chi connectivity index (χ0v) is 17.0. The van der Waals surface area contributed by atoms with E-state index in [2.05, 4.69) is 35.1 Å². The normalized spacial score (nSPS) is 16.5. The van der Waals surface area contributed by atoms with Crippen LogP contribution in [0.15, 0.2) is 29.3 Å². The van der Waals surface area contributed by atoms with Gasteiger partial charge in [0.05, 0.1) is 12.5 Å². The number of carbonyl (C=O) groups is 1. The van der Waals surface area contributed by atoms with E-state index in [-0.39, 0.29) is 17.3 Å². The molecule has 0 radical (unpaired) electrons. The Morgan fingerprint density at radius 1 is 1.38 bits per heavy atom. The molecule has 1 saturated heterocycles. The summed E-state index contributed by atoms with van der Waals surface area (Å²) in [6.07, 6.45) is 1.61. The highest BCUT2D eigenvalue weighted by atomic mass is 35.5. The van der Waals surface area contributed by atoms with Crippen LogP contribution < -0.4 is 5.32 Å². The number of guanidine groups is 1.